The van der Waals surface area contributed by atoms with E-state index in [9.17, 15) is 19.8 Å². The number of phenolic OH excluding ortho intramolecular Hbond substituents is 1. The SMILES string of the molecule is CCOc1cc(C2/C(=C(\O)c3ccc(C)cc3)C(=O)C(=O)N2c2cc(Cl)ccc2C)ccc1O. The summed E-state index contributed by atoms with van der Waals surface area (Å²) in [6.45, 7) is 5.82. The van der Waals surface area contributed by atoms with Gasteiger partial charge in [-0.15, -0.1) is 0 Å². The molecule has 174 valence electrons. The van der Waals surface area contributed by atoms with Crippen molar-refractivity contribution in [2.45, 2.75) is 26.8 Å². The van der Waals surface area contributed by atoms with Gasteiger partial charge < -0.3 is 14.9 Å². The average Bonchev–Trinajstić information content (AvgIpc) is 3.07. The maximum atomic E-state index is 13.3. The summed E-state index contributed by atoms with van der Waals surface area (Å²) >= 11 is 6.23. The lowest BCUT2D eigenvalue weighted by Gasteiger charge is -2.27. The number of phenols is 1. The van der Waals surface area contributed by atoms with Crippen LogP contribution in [-0.4, -0.2) is 28.5 Å². The second kappa shape index (κ2) is 9.23. The average molecular weight is 478 g/mol. The van der Waals surface area contributed by atoms with E-state index in [1.165, 1.54) is 11.0 Å². The van der Waals surface area contributed by atoms with Crippen LogP contribution in [0.3, 0.4) is 0 Å². The van der Waals surface area contributed by atoms with Crippen molar-refractivity contribution in [3.8, 4) is 11.5 Å². The van der Waals surface area contributed by atoms with Crippen LogP contribution in [0.5, 0.6) is 11.5 Å². The molecule has 1 heterocycles. The van der Waals surface area contributed by atoms with Crippen molar-refractivity contribution in [2.24, 2.45) is 0 Å². The molecule has 0 aliphatic carbocycles. The number of ether oxygens (including phenoxy) is 1. The fraction of sp³-hybridized carbons (Fsp3) is 0.185. The molecule has 1 fully saturated rings. The molecular weight excluding hydrogens is 454 g/mol. The van der Waals surface area contributed by atoms with E-state index in [1.54, 1.807) is 49.4 Å². The number of carbonyl (C=O) groups is 2. The topological polar surface area (TPSA) is 87.1 Å². The van der Waals surface area contributed by atoms with Crippen molar-refractivity contribution in [1.29, 1.82) is 0 Å². The van der Waals surface area contributed by atoms with E-state index in [-0.39, 0.29) is 22.8 Å². The Balaban J connectivity index is 1.99. The number of rotatable bonds is 5. The maximum Gasteiger partial charge on any atom is 0.300 e. The lowest BCUT2D eigenvalue weighted by Crippen LogP contribution is -2.30. The van der Waals surface area contributed by atoms with Gasteiger partial charge in [0.25, 0.3) is 11.7 Å². The van der Waals surface area contributed by atoms with Crippen LogP contribution in [0.1, 0.15) is 35.2 Å². The van der Waals surface area contributed by atoms with Gasteiger partial charge >= 0.3 is 0 Å². The minimum Gasteiger partial charge on any atom is -0.507 e. The van der Waals surface area contributed by atoms with Gasteiger partial charge in [0.05, 0.1) is 18.2 Å². The molecule has 0 spiro atoms. The number of nitrogens with zero attached hydrogens (tertiary/aromatic N) is 1. The van der Waals surface area contributed by atoms with Crippen LogP contribution in [0.2, 0.25) is 5.02 Å². The van der Waals surface area contributed by atoms with Gasteiger partial charge in [0, 0.05) is 16.3 Å². The Bertz CT molecular complexity index is 1310. The first-order chi connectivity index (χ1) is 16.2. The standard InChI is InChI=1S/C27H24ClNO5/c1-4-34-22-13-18(10-12-21(22)30)24-23(25(31)17-8-5-15(2)6-9-17)26(32)27(33)29(24)20-14-19(28)11-7-16(20)3/h5-14,24,30-31H,4H2,1-3H3/b25-23+. The molecule has 6 nitrogen and oxygen atoms in total. The normalized spacial score (nSPS) is 17.3. The molecule has 0 saturated carbocycles. The summed E-state index contributed by atoms with van der Waals surface area (Å²) < 4.78 is 5.53. The molecule has 1 aliphatic heterocycles. The molecule has 3 aromatic rings. The van der Waals surface area contributed by atoms with Crippen molar-refractivity contribution < 1.29 is 24.5 Å². The number of aromatic hydroxyl groups is 1. The molecular formula is C27H24ClNO5. The van der Waals surface area contributed by atoms with Gasteiger partial charge in [0.15, 0.2) is 11.5 Å². The van der Waals surface area contributed by atoms with Gasteiger partial charge in [-0.1, -0.05) is 53.6 Å². The van der Waals surface area contributed by atoms with Crippen LogP contribution in [0.4, 0.5) is 5.69 Å². The molecule has 4 rings (SSSR count). The zero-order valence-corrected chi connectivity index (χ0v) is 19.8. The molecule has 1 atom stereocenters. The van der Waals surface area contributed by atoms with Gasteiger partial charge in [-0.25, -0.2) is 0 Å². The second-order valence-corrected chi connectivity index (χ2v) is 8.56. The Morgan fingerprint density at radius 1 is 1.03 bits per heavy atom. The van der Waals surface area contributed by atoms with E-state index in [0.29, 0.717) is 28.4 Å². The van der Waals surface area contributed by atoms with Crippen molar-refractivity contribution in [1.82, 2.24) is 0 Å². The highest BCUT2D eigenvalue weighted by molar-refractivity contribution is 6.52. The Kier molecular flexibility index (Phi) is 6.35. The Morgan fingerprint density at radius 2 is 1.74 bits per heavy atom. The van der Waals surface area contributed by atoms with Gasteiger partial charge in [-0.2, -0.15) is 0 Å². The number of hydrogen-bond acceptors (Lipinski definition) is 5. The Morgan fingerprint density at radius 3 is 2.41 bits per heavy atom. The van der Waals surface area contributed by atoms with Crippen LogP contribution in [0, 0.1) is 13.8 Å². The van der Waals surface area contributed by atoms with E-state index in [2.05, 4.69) is 0 Å². The smallest absolute Gasteiger partial charge is 0.300 e. The summed E-state index contributed by atoms with van der Waals surface area (Å²) in [6.07, 6.45) is 0. The fourth-order valence-corrected chi connectivity index (χ4v) is 4.24. The first kappa shape index (κ1) is 23.4. The molecule has 0 aromatic heterocycles. The third-order valence-corrected chi connectivity index (χ3v) is 6.03. The van der Waals surface area contributed by atoms with Crippen molar-refractivity contribution in [3.63, 3.8) is 0 Å². The summed E-state index contributed by atoms with van der Waals surface area (Å²) in [4.78, 5) is 28.0. The van der Waals surface area contributed by atoms with Gasteiger partial charge in [-0.05, 0) is 56.2 Å². The molecule has 1 amide bonds. The van der Waals surface area contributed by atoms with E-state index in [4.69, 9.17) is 16.3 Å². The Hall–Kier alpha value is -3.77. The number of anilines is 1. The predicted octanol–water partition coefficient (Wildman–Crippen LogP) is 5.69. The van der Waals surface area contributed by atoms with Gasteiger partial charge in [-0.3, -0.25) is 14.5 Å². The van der Waals surface area contributed by atoms with E-state index < -0.39 is 17.7 Å². The maximum absolute atomic E-state index is 13.3. The highest BCUT2D eigenvalue weighted by atomic mass is 35.5. The van der Waals surface area contributed by atoms with Crippen LogP contribution in [0.25, 0.3) is 5.76 Å². The van der Waals surface area contributed by atoms with Gasteiger partial charge in [0.1, 0.15) is 5.76 Å². The van der Waals surface area contributed by atoms with E-state index in [1.807, 2.05) is 26.0 Å². The number of aliphatic hydroxyl groups is 1. The molecule has 3 aromatic carbocycles. The molecule has 2 N–H and O–H groups in total. The first-order valence-corrected chi connectivity index (χ1v) is 11.2. The summed E-state index contributed by atoms with van der Waals surface area (Å²) in [6, 6.07) is 15.8. The van der Waals surface area contributed by atoms with Crippen LogP contribution >= 0.6 is 11.6 Å². The third-order valence-electron chi connectivity index (χ3n) is 5.80. The fourth-order valence-electron chi connectivity index (χ4n) is 4.08. The lowest BCUT2D eigenvalue weighted by molar-refractivity contribution is -0.132. The van der Waals surface area contributed by atoms with E-state index >= 15 is 0 Å². The molecule has 1 aliphatic rings. The van der Waals surface area contributed by atoms with E-state index in [0.717, 1.165) is 11.1 Å². The number of halogens is 1. The highest BCUT2D eigenvalue weighted by Gasteiger charge is 2.47. The summed E-state index contributed by atoms with van der Waals surface area (Å²) in [5.41, 5.74) is 3.03. The largest absolute Gasteiger partial charge is 0.507 e. The molecule has 1 saturated heterocycles. The number of ketones is 1. The summed E-state index contributed by atoms with van der Waals surface area (Å²) in [5.74, 6) is -1.73. The minimum absolute atomic E-state index is 0.0543. The monoisotopic (exact) mass is 477 g/mol. The molecule has 0 radical (unpaired) electrons. The number of aryl methyl sites for hydroxylation is 2. The zero-order chi connectivity index (χ0) is 24.6. The van der Waals surface area contributed by atoms with Crippen LogP contribution in [0.15, 0.2) is 66.2 Å². The molecule has 7 heteroatoms. The minimum atomic E-state index is -0.960. The van der Waals surface area contributed by atoms with Crippen molar-refractivity contribution in [2.75, 3.05) is 11.5 Å². The number of amides is 1. The number of benzene rings is 3. The lowest BCUT2D eigenvalue weighted by atomic mass is 9.94. The molecule has 34 heavy (non-hydrogen) atoms. The molecule has 0 bridgehead atoms. The third kappa shape index (κ3) is 4.13. The van der Waals surface area contributed by atoms with Crippen LogP contribution in [-0.2, 0) is 9.59 Å². The predicted molar refractivity (Wildman–Crippen MR) is 131 cm³/mol. The zero-order valence-electron chi connectivity index (χ0n) is 19.0. The summed E-state index contributed by atoms with van der Waals surface area (Å²) in [5, 5.41) is 21.8. The highest BCUT2D eigenvalue weighted by Crippen LogP contribution is 2.45. The second-order valence-electron chi connectivity index (χ2n) is 8.13. The molecule has 1 unspecified atom stereocenters. The summed E-state index contributed by atoms with van der Waals surface area (Å²) in [7, 11) is 0. The number of carbonyl (C=O) groups excluding carboxylic acids is 2. The quantitative estimate of drug-likeness (QED) is 0.280. The number of Topliss-reactive ketones (excluding diaryl/α,β-unsaturated/α-hetero) is 1. The number of aliphatic hydroxyl groups excluding tert-OH is 1. The first-order valence-electron chi connectivity index (χ1n) is 10.8. The Labute approximate surface area is 202 Å². The van der Waals surface area contributed by atoms with Crippen molar-refractivity contribution in [3.05, 3.63) is 93.5 Å². The van der Waals surface area contributed by atoms with Crippen LogP contribution < -0.4 is 9.64 Å². The van der Waals surface area contributed by atoms with Crippen molar-refractivity contribution >= 4 is 34.7 Å². The van der Waals surface area contributed by atoms with Gasteiger partial charge in [0.2, 0.25) is 0 Å². The number of hydrogen-bond donors (Lipinski definition) is 2.